The number of hydrogen-bond acceptors (Lipinski definition) is 5. The average molecular weight is 218 g/mol. The molecular weight excluding hydrogens is 208 g/mol. The zero-order chi connectivity index (χ0) is 10.3. The summed E-state index contributed by atoms with van der Waals surface area (Å²) in [6.07, 6.45) is 4.46. The highest BCUT2D eigenvalue weighted by Crippen LogP contribution is 2.39. The number of thioether (sulfide) groups is 1. The van der Waals surface area contributed by atoms with Crippen molar-refractivity contribution in [1.29, 1.82) is 5.26 Å². The molecule has 0 N–H and O–H groups in total. The molecule has 1 aromatic rings. The van der Waals surface area contributed by atoms with Crippen LogP contribution in [0.2, 0.25) is 0 Å². The molecule has 2 unspecified atom stereocenters. The first-order valence-corrected chi connectivity index (χ1v) is 6.02. The third-order valence-electron chi connectivity index (χ3n) is 2.96. The van der Waals surface area contributed by atoms with Gasteiger partial charge in [0, 0.05) is 36.0 Å². The van der Waals surface area contributed by atoms with E-state index in [1.165, 1.54) is 6.42 Å². The van der Waals surface area contributed by atoms with E-state index in [2.05, 4.69) is 20.9 Å². The number of aromatic nitrogens is 2. The minimum absolute atomic E-state index is 0.454. The van der Waals surface area contributed by atoms with Crippen molar-refractivity contribution < 1.29 is 0 Å². The van der Waals surface area contributed by atoms with Crippen LogP contribution in [0.15, 0.2) is 12.4 Å². The molecule has 15 heavy (non-hydrogen) atoms. The Kier molecular flexibility index (Phi) is 2.03. The van der Waals surface area contributed by atoms with Crippen LogP contribution in [-0.2, 0) is 0 Å². The second-order valence-electron chi connectivity index (χ2n) is 3.84. The van der Waals surface area contributed by atoms with Crippen LogP contribution in [0.1, 0.15) is 12.1 Å². The standard InChI is InChI=1S/C10H10N4S/c11-4-9-10(13-2-1-12-9)14-5-8-3-7(14)6-15-8/h1-2,7-8H,3,5-6H2. The number of hydrogen-bond donors (Lipinski definition) is 0. The lowest BCUT2D eigenvalue weighted by Crippen LogP contribution is -2.35. The maximum atomic E-state index is 8.96. The molecule has 2 atom stereocenters. The van der Waals surface area contributed by atoms with Gasteiger partial charge in [0.2, 0.25) is 0 Å². The molecule has 2 aliphatic rings. The van der Waals surface area contributed by atoms with Crippen molar-refractivity contribution in [3.8, 4) is 6.07 Å². The van der Waals surface area contributed by atoms with Gasteiger partial charge in [-0.15, -0.1) is 0 Å². The molecule has 2 saturated heterocycles. The van der Waals surface area contributed by atoms with E-state index in [4.69, 9.17) is 5.26 Å². The van der Waals surface area contributed by atoms with Crippen LogP contribution in [0.25, 0.3) is 0 Å². The molecule has 3 rings (SSSR count). The Balaban J connectivity index is 1.97. The van der Waals surface area contributed by atoms with Gasteiger partial charge in [-0.05, 0) is 6.42 Å². The molecule has 4 nitrogen and oxygen atoms in total. The highest BCUT2D eigenvalue weighted by molar-refractivity contribution is 8.00. The summed E-state index contributed by atoms with van der Waals surface area (Å²) in [5.41, 5.74) is 0.454. The number of anilines is 1. The molecule has 0 aliphatic carbocycles. The van der Waals surface area contributed by atoms with Crippen molar-refractivity contribution in [1.82, 2.24) is 9.97 Å². The molecule has 5 heteroatoms. The van der Waals surface area contributed by atoms with Gasteiger partial charge in [0.1, 0.15) is 6.07 Å². The first kappa shape index (κ1) is 8.98. The summed E-state index contributed by atoms with van der Waals surface area (Å²) >= 11 is 2.03. The van der Waals surface area contributed by atoms with Crippen LogP contribution < -0.4 is 4.90 Å². The van der Waals surface area contributed by atoms with Crippen LogP contribution in [0.5, 0.6) is 0 Å². The van der Waals surface area contributed by atoms with Crippen LogP contribution in [0.3, 0.4) is 0 Å². The third-order valence-corrected chi connectivity index (χ3v) is 4.35. The molecule has 76 valence electrons. The Morgan fingerprint density at radius 3 is 3.00 bits per heavy atom. The monoisotopic (exact) mass is 218 g/mol. The van der Waals surface area contributed by atoms with Crippen molar-refractivity contribution >= 4 is 17.6 Å². The van der Waals surface area contributed by atoms with Gasteiger partial charge in [-0.2, -0.15) is 17.0 Å². The highest BCUT2D eigenvalue weighted by Gasteiger charge is 2.40. The smallest absolute Gasteiger partial charge is 0.183 e. The van der Waals surface area contributed by atoms with Gasteiger partial charge in [0.05, 0.1) is 0 Å². The second-order valence-corrected chi connectivity index (χ2v) is 5.17. The minimum Gasteiger partial charge on any atom is -0.349 e. The summed E-state index contributed by atoms with van der Waals surface area (Å²) < 4.78 is 0. The lowest BCUT2D eigenvalue weighted by atomic mass is 10.2. The number of nitrogens with zero attached hydrogens (tertiary/aromatic N) is 4. The Bertz CT molecular complexity index is 428. The van der Waals surface area contributed by atoms with Gasteiger partial charge < -0.3 is 4.90 Å². The summed E-state index contributed by atoms with van der Waals surface area (Å²) in [7, 11) is 0. The SMILES string of the molecule is N#Cc1nccnc1N1CC2CC1CS2. The predicted octanol–water partition coefficient (Wildman–Crippen LogP) is 1.04. The van der Waals surface area contributed by atoms with E-state index in [0.717, 1.165) is 23.4 Å². The molecule has 0 aromatic carbocycles. The Morgan fingerprint density at radius 1 is 1.47 bits per heavy atom. The molecule has 0 saturated carbocycles. The molecule has 0 amide bonds. The lowest BCUT2D eigenvalue weighted by molar-refractivity contribution is 0.748. The van der Waals surface area contributed by atoms with Gasteiger partial charge in [-0.25, -0.2) is 9.97 Å². The van der Waals surface area contributed by atoms with E-state index >= 15 is 0 Å². The van der Waals surface area contributed by atoms with Gasteiger partial charge in [0.15, 0.2) is 11.5 Å². The largest absolute Gasteiger partial charge is 0.349 e. The zero-order valence-electron chi connectivity index (χ0n) is 8.13. The summed E-state index contributed by atoms with van der Waals surface area (Å²) in [4.78, 5) is 10.6. The molecule has 2 bridgehead atoms. The fourth-order valence-electron chi connectivity index (χ4n) is 2.28. The summed E-state index contributed by atoms with van der Waals surface area (Å²) in [6.45, 7) is 1.02. The van der Waals surface area contributed by atoms with E-state index in [0.29, 0.717) is 11.7 Å². The second kappa shape index (κ2) is 3.38. The Labute approximate surface area is 92.3 Å². The van der Waals surface area contributed by atoms with Gasteiger partial charge >= 0.3 is 0 Å². The van der Waals surface area contributed by atoms with Crippen molar-refractivity contribution in [2.24, 2.45) is 0 Å². The van der Waals surface area contributed by atoms with Crippen LogP contribution in [0.4, 0.5) is 5.82 Å². The quantitative estimate of drug-likeness (QED) is 0.705. The van der Waals surface area contributed by atoms with E-state index in [1.54, 1.807) is 12.4 Å². The summed E-state index contributed by atoms with van der Waals surface area (Å²) in [5, 5.41) is 9.69. The molecule has 2 fully saturated rings. The van der Waals surface area contributed by atoms with E-state index in [1.807, 2.05) is 11.8 Å². The topological polar surface area (TPSA) is 52.8 Å². The fraction of sp³-hybridized carbons (Fsp3) is 0.500. The maximum Gasteiger partial charge on any atom is 0.183 e. The van der Waals surface area contributed by atoms with Crippen molar-refractivity contribution in [3.63, 3.8) is 0 Å². The maximum absolute atomic E-state index is 8.96. The van der Waals surface area contributed by atoms with E-state index < -0.39 is 0 Å². The van der Waals surface area contributed by atoms with Gasteiger partial charge in [-0.1, -0.05) is 0 Å². The number of nitriles is 1. The van der Waals surface area contributed by atoms with Crippen LogP contribution >= 0.6 is 11.8 Å². The Morgan fingerprint density at radius 2 is 2.33 bits per heavy atom. The van der Waals surface area contributed by atoms with Crippen molar-refractivity contribution in [3.05, 3.63) is 18.1 Å². The van der Waals surface area contributed by atoms with E-state index in [9.17, 15) is 0 Å². The zero-order valence-corrected chi connectivity index (χ0v) is 8.94. The van der Waals surface area contributed by atoms with Crippen LogP contribution in [0, 0.1) is 11.3 Å². The van der Waals surface area contributed by atoms with Crippen LogP contribution in [-0.4, -0.2) is 33.6 Å². The predicted molar refractivity (Wildman–Crippen MR) is 58.7 cm³/mol. The van der Waals surface area contributed by atoms with Crippen molar-refractivity contribution in [2.75, 3.05) is 17.2 Å². The van der Waals surface area contributed by atoms with Crippen molar-refractivity contribution in [2.45, 2.75) is 17.7 Å². The summed E-state index contributed by atoms with van der Waals surface area (Å²) in [5.74, 6) is 1.93. The molecule has 3 heterocycles. The third kappa shape index (κ3) is 1.37. The number of fused-ring (bicyclic) bond motifs is 2. The van der Waals surface area contributed by atoms with Gasteiger partial charge in [0.25, 0.3) is 0 Å². The molecule has 2 aliphatic heterocycles. The molecule has 1 aromatic heterocycles. The Hall–Kier alpha value is -1.28. The lowest BCUT2D eigenvalue weighted by Gasteiger charge is -2.27. The molecule has 0 spiro atoms. The minimum atomic E-state index is 0.454. The average Bonchev–Trinajstić information content (AvgIpc) is 2.90. The fourth-order valence-corrected chi connectivity index (χ4v) is 3.71. The molecule has 0 radical (unpaired) electrons. The van der Waals surface area contributed by atoms with Gasteiger partial charge in [-0.3, -0.25) is 0 Å². The first-order chi connectivity index (χ1) is 7.38. The summed E-state index contributed by atoms with van der Waals surface area (Å²) in [6, 6.07) is 2.67. The first-order valence-electron chi connectivity index (χ1n) is 4.98. The number of rotatable bonds is 1. The molecular formula is C10H10N4S. The normalized spacial score (nSPS) is 28.1. The highest BCUT2D eigenvalue weighted by atomic mass is 32.2. The van der Waals surface area contributed by atoms with E-state index in [-0.39, 0.29) is 0 Å².